The molecule has 25 heavy (non-hydrogen) atoms. The van der Waals surface area contributed by atoms with Gasteiger partial charge in [-0.2, -0.15) is 0 Å². The number of rotatable bonds is 1. The van der Waals surface area contributed by atoms with E-state index in [2.05, 4.69) is 44.2 Å². The summed E-state index contributed by atoms with van der Waals surface area (Å²) in [6.07, 6.45) is 3.76. The van der Waals surface area contributed by atoms with Gasteiger partial charge in [0.2, 0.25) is 0 Å². The lowest BCUT2D eigenvalue weighted by molar-refractivity contribution is 1.33. The number of benzene rings is 2. The van der Waals surface area contributed by atoms with Gasteiger partial charge in [-0.05, 0) is 12.1 Å². The molecule has 0 fully saturated rings. The number of aromatic amines is 3. The molecule has 0 unspecified atom stereocenters. The third-order valence-electron chi connectivity index (χ3n) is 4.87. The molecule has 0 aliphatic carbocycles. The Morgan fingerprint density at radius 1 is 0.800 bits per heavy atom. The molecule has 5 heteroatoms. The molecule has 5 nitrogen and oxygen atoms in total. The van der Waals surface area contributed by atoms with Crippen molar-refractivity contribution in [3.8, 4) is 11.3 Å². The summed E-state index contributed by atoms with van der Waals surface area (Å²) in [5, 5.41) is 3.37. The molecule has 3 N–H and O–H groups in total. The molecule has 4 heterocycles. The molecule has 2 aromatic carbocycles. The molecule has 0 bridgehead atoms. The van der Waals surface area contributed by atoms with Crippen molar-refractivity contribution < 1.29 is 0 Å². The van der Waals surface area contributed by atoms with Crippen molar-refractivity contribution in [1.29, 1.82) is 0 Å². The molecule has 0 aliphatic rings. The Balaban J connectivity index is 1.81. The van der Waals surface area contributed by atoms with Crippen molar-refractivity contribution in [3.05, 3.63) is 61.1 Å². The third-order valence-corrected chi connectivity index (χ3v) is 4.87. The summed E-state index contributed by atoms with van der Waals surface area (Å²) in [5.41, 5.74) is 6.93. The van der Waals surface area contributed by atoms with E-state index in [4.69, 9.17) is 4.98 Å². The summed E-state index contributed by atoms with van der Waals surface area (Å²) in [7, 11) is 0. The molecule has 0 amide bonds. The van der Waals surface area contributed by atoms with Crippen LogP contribution < -0.4 is 0 Å². The number of pyridine rings is 1. The van der Waals surface area contributed by atoms with E-state index in [1.165, 1.54) is 0 Å². The monoisotopic (exact) mass is 323 g/mol. The maximum absolute atomic E-state index is 4.96. The number of H-pyrrole nitrogens is 3. The topological polar surface area (TPSA) is 73.2 Å². The van der Waals surface area contributed by atoms with Gasteiger partial charge in [0.05, 0.1) is 17.2 Å². The Morgan fingerprint density at radius 2 is 1.60 bits per heavy atom. The normalized spacial score (nSPS) is 12.0. The molecule has 0 atom stereocenters. The first kappa shape index (κ1) is 12.8. The second kappa shape index (κ2) is 4.48. The van der Waals surface area contributed by atoms with Gasteiger partial charge in [-0.15, -0.1) is 0 Å². The number of fused-ring (bicyclic) bond motifs is 6. The summed E-state index contributed by atoms with van der Waals surface area (Å²) in [6, 6.07) is 16.5. The van der Waals surface area contributed by atoms with Crippen LogP contribution in [0.15, 0.2) is 61.1 Å². The van der Waals surface area contributed by atoms with Gasteiger partial charge >= 0.3 is 0 Å². The molecule has 0 saturated heterocycles. The number of hydrogen-bond donors (Lipinski definition) is 3. The van der Waals surface area contributed by atoms with Crippen molar-refractivity contribution >= 4 is 43.9 Å². The summed E-state index contributed by atoms with van der Waals surface area (Å²) in [5.74, 6) is 0. The standard InChI is InChI=1S/C20H13N5/c1-3-7-14-11(5-1)13(9-21-14)17-19-18(22-10-23-19)16-12-6-2-4-8-15(12)24-20(16)25-17/h1-10,21H,(H,22,23)(H,24,25). The van der Waals surface area contributed by atoms with Crippen LogP contribution in [0.2, 0.25) is 0 Å². The molecule has 0 aliphatic heterocycles. The predicted octanol–water partition coefficient (Wildman–Crippen LogP) is 4.74. The molecule has 0 spiro atoms. The SMILES string of the molecule is c1ccc2c(-c3nc4[nH]c5ccccc5c4c4nc[nH]c34)c[nH]c2c1. The Kier molecular flexibility index (Phi) is 2.29. The molecule has 6 aromatic rings. The van der Waals surface area contributed by atoms with Gasteiger partial charge in [0, 0.05) is 33.6 Å². The van der Waals surface area contributed by atoms with E-state index in [1.54, 1.807) is 6.33 Å². The highest BCUT2D eigenvalue weighted by Crippen LogP contribution is 2.36. The van der Waals surface area contributed by atoms with Crippen LogP contribution in [0, 0.1) is 0 Å². The summed E-state index contributed by atoms with van der Waals surface area (Å²) in [6.45, 7) is 0. The minimum atomic E-state index is 0.862. The van der Waals surface area contributed by atoms with Gasteiger partial charge in [-0.1, -0.05) is 36.4 Å². The van der Waals surface area contributed by atoms with Gasteiger partial charge < -0.3 is 15.0 Å². The Morgan fingerprint density at radius 3 is 2.52 bits per heavy atom. The van der Waals surface area contributed by atoms with E-state index < -0.39 is 0 Å². The van der Waals surface area contributed by atoms with Crippen LogP contribution in [0.3, 0.4) is 0 Å². The van der Waals surface area contributed by atoms with Crippen molar-refractivity contribution in [2.24, 2.45) is 0 Å². The fourth-order valence-corrected chi connectivity index (χ4v) is 3.75. The largest absolute Gasteiger partial charge is 0.360 e. The van der Waals surface area contributed by atoms with Crippen molar-refractivity contribution in [2.75, 3.05) is 0 Å². The van der Waals surface area contributed by atoms with Gasteiger partial charge in [-0.3, -0.25) is 0 Å². The average molecular weight is 323 g/mol. The molecular weight excluding hydrogens is 310 g/mol. The van der Waals surface area contributed by atoms with E-state index in [0.717, 1.165) is 55.1 Å². The Hall–Kier alpha value is -3.60. The highest BCUT2D eigenvalue weighted by molar-refractivity contribution is 6.20. The quantitative estimate of drug-likeness (QED) is 0.409. The van der Waals surface area contributed by atoms with Crippen LogP contribution in [0.1, 0.15) is 0 Å². The Labute approximate surface area is 141 Å². The van der Waals surface area contributed by atoms with Crippen LogP contribution >= 0.6 is 0 Å². The van der Waals surface area contributed by atoms with Crippen LogP contribution in [-0.4, -0.2) is 24.9 Å². The van der Waals surface area contributed by atoms with E-state index >= 15 is 0 Å². The molecule has 6 rings (SSSR count). The van der Waals surface area contributed by atoms with Crippen LogP contribution in [-0.2, 0) is 0 Å². The van der Waals surface area contributed by atoms with Crippen molar-refractivity contribution in [3.63, 3.8) is 0 Å². The first-order valence-electron chi connectivity index (χ1n) is 8.20. The molecule has 4 aromatic heterocycles. The lowest BCUT2D eigenvalue weighted by Gasteiger charge is -2.02. The number of nitrogens with one attached hydrogen (secondary N) is 3. The van der Waals surface area contributed by atoms with Gasteiger partial charge in [0.15, 0.2) is 0 Å². The predicted molar refractivity (Wildman–Crippen MR) is 101 cm³/mol. The van der Waals surface area contributed by atoms with E-state index in [0.29, 0.717) is 0 Å². The van der Waals surface area contributed by atoms with Crippen LogP contribution in [0.4, 0.5) is 0 Å². The van der Waals surface area contributed by atoms with Gasteiger partial charge in [0.25, 0.3) is 0 Å². The lowest BCUT2D eigenvalue weighted by atomic mass is 10.1. The second-order valence-corrected chi connectivity index (χ2v) is 6.23. The van der Waals surface area contributed by atoms with E-state index in [1.807, 2.05) is 30.5 Å². The number of imidazole rings is 1. The fraction of sp³-hybridized carbons (Fsp3) is 0. The zero-order valence-electron chi connectivity index (χ0n) is 13.2. The number of para-hydroxylation sites is 2. The minimum absolute atomic E-state index is 0.862. The molecule has 0 radical (unpaired) electrons. The zero-order valence-corrected chi connectivity index (χ0v) is 13.2. The second-order valence-electron chi connectivity index (χ2n) is 6.23. The van der Waals surface area contributed by atoms with Crippen molar-refractivity contribution in [2.45, 2.75) is 0 Å². The third kappa shape index (κ3) is 1.61. The first-order chi connectivity index (χ1) is 12.4. The van der Waals surface area contributed by atoms with E-state index in [-0.39, 0.29) is 0 Å². The highest BCUT2D eigenvalue weighted by Gasteiger charge is 2.18. The number of aromatic nitrogens is 5. The van der Waals surface area contributed by atoms with E-state index in [9.17, 15) is 0 Å². The zero-order chi connectivity index (χ0) is 16.4. The minimum Gasteiger partial charge on any atom is -0.360 e. The summed E-state index contributed by atoms with van der Waals surface area (Å²) < 4.78 is 0. The average Bonchev–Trinajstić information content (AvgIpc) is 3.36. The summed E-state index contributed by atoms with van der Waals surface area (Å²) in [4.78, 5) is 19.6. The number of hydrogen-bond acceptors (Lipinski definition) is 2. The Bertz CT molecular complexity index is 1400. The fourth-order valence-electron chi connectivity index (χ4n) is 3.75. The van der Waals surface area contributed by atoms with Crippen LogP contribution in [0.25, 0.3) is 55.1 Å². The highest BCUT2D eigenvalue weighted by atomic mass is 14.9. The van der Waals surface area contributed by atoms with Gasteiger partial charge in [-0.25, -0.2) is 9.97 Å². The molecule has 118 valence electrons. The molecular formula is C20H13N5. The maximum atomic E-state index is 4.96. The van der Waals surface area contributed by atoms with Crippen molar-refractivity contribution in [1.82, 2.24) is 24.9 Å². The maximum Gasteiger partial charge on any atom is 0.141 e. The van der Waals surface area contributed by atoms with Gasteiger partial charge in [0.1, 0.15) is 16.9 Å². The van der Waals surface area contributed by atoms with Crippen LogP contribution in [0.5, 0.6) is 0 Å². The molecule has 0 saturated carbocycles. The number of nitrogens with zero attached hydrogens (tertiary/aromatic N) is 2. The lowest BCUT2D eigenvalue weighted by Crippen LogP contribution is -1.87. The first-order valence-corrected chi connectivity index (χ1v) is 8.20. The smallest absolute Gasteiger partial charge is 0.141 e. The summed E-state index contributed by atoms with van der Waals surface area (Å²) >= 11 is 0.